The minimum atomic E-state index is 0.176. The number of nitrogens with zero attached hydrogens (tertiary/aromatic N) is 2. The Hall–Kier alpha value is -1.16. The topological polar surface area (TPSA) is 46.9 Å². The Morgan fingerprint density at radius 2 is 2.23 bits per heavy atom. The van der Waals surface area contributed by atoms with E-state index in [1.165, 1.54) is 0 Å². The van der Waals surface area contributed by atoms with Crippen LogP contribution < -0.4 is 5.32 Å². The molecule has 4 heteroatoms. The first kappa shape index (κ1) is 8.44. The van der Waals surface area contributed by atoms with Crippen LogP contribution in [-0.2, 0) is 0 Å². The zero-order valence-corrected chi connectivity index (χ0v) is 7.44. The smallest absolute Gasteiger partial charge is 0.235 e. The summed E-state index contributed by atoms with van der Waals surface area (Å²) in [6, 6.07) is 0. The van der Waals surface area contributed by atoms with Crippen LogP contribution in [0, 0.1) is 5.92 Å². The minimum absolute atomic E-state index is 0.176. The van der Waals surface area contributed by atoms with Gasteiger partial charge in [-0.05, 0) is 25.9 Å². The van der Waals surface area contributed by atoms with Gasteiger partial charge in [0.2, 0.25) is 5.91 Å². The summed E-state index contributed by atoms with van der Waals surface area (Å²) in [6.45, 7) is 1.90. The number of rotatable bonds is 1. The molecule has 0 radical (unpaired) electrons. The highest BCUT2D eigenvalue weighted by Gasteiger charge is 2.21. The SMILES string of the molecule is O=C(C1CCNCC1)n1ccnc1. The molecule has 0 spiro atoms. The third kappa shape index (κ3) is 1.78. The summed E-state index contributed by atoms with van der Waals surface area (Å²) in [5.74, 6) is 0.356. The van der Waals surface area contributed by atoms with E-state index in [0.29, 0.717) is 0 Å². The lowest BCUT2D eigenvalue weighted by Gasteiger charge is -2.21. The summed E-state index contributed by atoms with van der Waals surface area (Å²) in [5, 5.41) is 3.24. The monoisotopic (exact) mass is 179 g/mol. The van der Waals surface area contributed by atoms with Gasteiger partial charge >= 0.3 is 0 Å². The molecule has 1 aliphatic heterocycles. The Morgan fingerprint density at radius 3 is 2.85 bits per heavy atom. The standard InChI is InChI=1S/C9H13N3O/c13-9(12-6-5-11-7-12)8-1-3-10-4-2-8/h5-8,10H,1-4H2. The molecule has 13 heavy (non-hydrogen) atoms. The Balaban J connectivity index is 2.04. The zero-order valence-electron chi connectivity index (χ0n) is 7.44. The summed E-state index contributed by atoms with van der Waals surface area (Å²) < 4.78 is 1.58. The fourth-order valence-corrected chi connectivity index (χ4v) is 1.67. The number of imidazole rings is 1. The van der Waals surface area contributed by atoms with Crippen molar-refractivity contribution >= 4 is 5.91 Å². The molecule has 0 saturated carbocycles. The van der Waals surface area contributed by atoms with E-state index in [-0.39, 0.29) is 11.8 Å². The van der Waals surface area contributed by atoms with Crippen LogP contribution in [0.4, 0.5) is 0 Å². The number of nitrogens with one attached hydrogen (secondary N) is 1. The van der Waals surface area contributed by atoms with Gasteiger partial charge in [0.15, 0.2) is 0 Å². The molecule has 0 aromatic carbocycles. The van der Waals surface area contributed by atoms with Crippen molar-refractivity contribution in [2.75, 3.05) is 13.1 Å². The predicted molar refractivity (Wildman–Crippen MR) is 48.4 cm³/mol. The third-order valence-corrected chi connectivity index (χ3v) is 2.45. The van der Waals surface area contributed by atoms with Gasteiger partial charge in [-0.3, -0.25) is 9.36 Å². The number of hydrogen-bond acceptors (Lipinski definition) is 3. The van der Waals surface area contributed by atoms with Crippen molar-refractivity contribution in [2.24, 2.45) is 5.92 Å². The molecule has 0 atom stereocenters. The van der Waals surface area contributed by atoms with Gasteiger partial charge in [-0.15, -0.1) is 0 Å². The Morgan fingerprint density at radius 1 is 1.46 bits per heavy atom. The van der Waals surface area contributed by atoms with Crippen LogP contribution in [0.3, 0.4) is 0 Å². The Bertz CT molecular complexity index is 275. The first-order valence-corrected chi connectivity index (χ1v) is 4.61. The van der Waals surface area contributed by atoms with Gasteiger partial charge < -0.3 is 5.32 Å². The summed E-state index contributed by atoms with van der Waals surface area (Å²) in [7, 11) is 0. The molecule has 2 rings (SSSR count). The van der Waals surface area contributed by atoms with Crippen molar-refractivity contribution in [3.63, 3.8) is 0 Å². The average molecular weight is 179 g/mol. The molecule has 1 aromatic heterocycles. The van der Waals surface area contributed by atoms with Gasteiger partial charge in [0.05, 0.1) is 0 Å². The maximum absolute atomic E-state index is 11.8. The van der Waals surface area contributed by atoms with Crippen LogP contribution in [0.25, 0.3) is 0 Å². The fraction of sp³-hybridized carbons (Fsp3) is 0.556. The third-order valence-electron chi connectivity index (χ3n) is 2.45. The average Bonchev–Trinajstić information content (AvgIpc) is 2.71. The van der Waals surface area contributed by atoms with E-state index in [4.69, 9.17) is 0 Å². The van der Waals surface area contributed by atoms with Gasteiger partial charge in [0.25, 0.3) is 0 Å². The molecule has 0 amide bonds. The lowest BCUT2D eigenvalue weighted by molar-refractivity contribution is 0.0807. The van der Waals surface area contributed by atoms with E-state index >= 15 is 0 Å². The lowest BCUT2D eigenvalue weighted by Crippen LogP contribution is -2.33. The summed E-state index contributed by atoms with van der Waals surface area (Å²) >= 11 is 0. The van der Waals surface area contributed by atoms with Crippen molar-refractivity contribution in [3.05, 3.63) is 18.7 Å². The van der Waals surface area contributed by atoms with Gasteiger partial charge in [0, 0.05) is 18.3 Å². The van der Waals surface area contributed by atoms with Crippen LogP contribution in [0.15, 0.2) is 18.7 Å². The van der Waals surface area contributed by atoms with Crippen LogP contribution in [0.1, 0.15) is 17.6 Å². The molecule has 70 valence electrons. The van der Waals surface area contributed by atoms with Crippen molar-refractivity contribution in [1.29, 1.82) is 0 Å². The molecule has 0 bridgehead atoms. The summed E-state index contributed by atoms with van der Waals surface area (Å²) in [4.78, 5) is 15.6. The molecule has 4 nitrogen and oxygen atoms in total. The molecule has 2 heterocycles. The second-order valence-electron chi connectivity index (χ2n) is 3.33. The van der Waals surface area contributed by atoms with Crippen LogP contribution in [0.2, 0.25) is 0 Å². The number of carbonyl (C=O) groups excluding carboxylic acids is 1. The van der Waals surface area contributed by atoms with E-state index in [0.717, 1.165) is 25.9 Å². The first-order chi connectivity index (χ1) is 6.38. The highest BCUT2D eigenvalue weighted by molar-refractivity contribution is 5.81. The second-order valence-corrected chi connectivity index (χ2v) is 3.33. The molecule has 0 aliphatic carbocycles. The van der Waals surface area contributed by atoms with Crippen LogP contribution in [-0.4, -0.2) is 28.5 Å². The van der Waals surface area contributed by atoms with Crippen molar-refractivity contribution in [1.82, 2.24) is 14.9 Å². The van der Waals surface area contributed by atoms with Crippen molar-refractivity contribution in [2.45, 2.75) is 12.8 Å². The highest BCUT2D eigenvalue weighted by atomic mass is 16.2. The quantitative estimate of drug-likeness (QED) is 0.683. The summed E-state index contributed by atoms with van der Waals surface area (Å²) in [5.41, 5.74) is 0. The largest absolute Gasteiger partial charge is 0.317 e. The van der Waals surface area contributed by atoms with E-state index in [1.807, 2.05) is 0 Å². The minimum Gasteiger partial charge on any atom is -0.317 e. The van der Waals surface area contributed by atoms with E-state index in [9.17, 15) is 4.79 Å². The lowest BCUT2D eigenvalue weighted by atomic mass is 9.97. The van der Waals surface area contributed by atoms with Crippen LogP contribution >= 0.6 is 0 Å². The fourth-order valence-electron chi connectivity index (χ4n) is 1.67. The van der Waals surface area contributed by atoms with E-state index in [1.54, 1.807) is 23.3 Å². The molecular weight excluding hydrogens is 166 g/mol. The van der Waals surface area contributed by atoms with Gasteiger partial charge in [-0.2, -0.15) is 0 Å². The second kappa shape index (κ2) is 3.70. The zero-order chi connectivity index (χ0) is 9.10. The van der Waals surface area contributed by atoms with Gasteiger partial charge in [0.1, 0.15) is 6.33 Å². The Labute approximate surface area is 77.0 Å². The highest BCUT2D eigenvalue weighted by Crippen LogP contribution is 2.13. The number of piperidine rings is 1. The molecular formula is C9H13N3O. The molecule has 1 saturated heterocycles. The molecule has 1 fully saturated rings. The normalized spacial score (nSPS) is 18.8. The molecule has 1 aromatic rings. The molecule has 1 N–H and O–H groups in total. The molecule has 1 aliphatic rings. The van der Waals surface area contributed by atoms with Gasteiger partial charge in [-0.1, -0.05) is 0 Å². The number of aromatic nitrogens is 2. The van der Waals surface area contributed by atoms with E-state index in [2.05, 4.69) is 10.3 Å². The predicted octanol–water partition coefficient (Wildman–Crippen LogP) is 0.523. The van der Waals surface area contributed by atoms with Crippen molar-refractivity contribution < 1.29 is 4.79 Å². The van der Waals surface area contributed by atoms with Crippen LogP contribution in [0.5, 0.6) is 0 Å². The first-order valence-electron chi connectivity index (χ1n) is 4.61. The molecule has 0 unspecified atom stereocenters. The number of carbonyl (C=O) groups is 1. The summed E-state index contributed by atoms with van der Waals surface area (Å²) in [6.07, 6.45) is 6.81. The maximum atomic E-state index is 11.8. The Kier molecular flexibility index (Phi) is 2.40. The number of hydrogen-bond donors (Lipinski definition) is 1. The van der Waals surface area contributed by atoms with Gasteiger partial charge in [-0.25, -0.2) is 4.98 Å². The van der Waals surface area contributed by atoms with Crippen molar-refractivity contribution in [3.8, 4) is 0 Å². The van der Waals surface area contributed by atoms with E-state index < -0.39 is 0 Å². The maximum Gasteiger partial charge on any atom is 0.235 e.